The lowest BCUT2D eigenvalue weighted by molar-refractivity contribution is 1.05. The second kappa shape index (κ2) is 4.43. The molecule has 0 unspecified atom stereocenters. The Balaban J connectivity index is 0.000000222. The second-order valence-corrected chi connectivity index (χ2v) is 1.09. The van der Waals surface area contributed by atoms with E-state index in [0.29, 0.717) is 6.67 Å². The molecule has 0 N–H and O–H groups in total. The molecular formula is C5H11N3. The fourth-order valence-corrected chi connectivity index (χ4v) is 0.300. The molecule has 0 saturated heterocycles. The molecule has 1 aliphatic heterocycles. The zero-order chi connectivity index (χ0) is 6.41. The second-order valence-electron chi connectivity index (χ2n) is 1.09. The molecule has 0 fully saturated rings. The van der Waals surface area contributed by atoms with Crippen LogP contribution in [0, 0.1) is 0 Å². The maximum atomic E-state index is 3.82. The van der Waals surface area contributed by atoms with E-state index in [9.17, 15) is 0 Å². The minimum absolute atomic E-state index is 0.534. The van der Waals surface area contributed by atoms with Gasteiger partial charge in [0.25, 0.3) is 0 Å². The largest absolute Gasteiger partial charge is 0.243 e. The smallest absolute Gasteiger partial charge is 0.152 e. The van der Waals surface area contributed by atoms with Crippen molar-refractivity contribution in [2.24, 2.45) is 15.2 Å². The van der Waals surface area contributed by atoms with Crippen molar-refractivity contribution in [3.05, 3.63) is 0 Å². The molecule has 0 aromatic heterocycles. The average molecular weight is 113 g/mol. The molecule has 46 valence electrons. The first kappa shape index (κ1) is 7.27. The van der Waals surface area contributed by atoms with Gasteiger partial charge in [-0.2, -0.15) is 5.11 Å². The van der Waals surface area contributed by atoms with Crippen molar-refractivity contribution in [1.82, 2.24) is 0 Å². The Kier molecular flexibility index (Phi) is 4.03. The molecule has 8 heavy (non-hydrogen) atoms. The lowest BCUT2D eigenvalue weighted by Crippen LogP contribution is -1.73. The van der Waals surface area contributed by atoms with Crippen molar-refractivity contribution in [3.63, 3.8) is 0 Å². The van der Waals surface area contributed by atoms with Gasteiger partial charge < -0.3 is 0 Å². The van der Waals surface area contributed by atoms with Gasteiger partial charge >= 0.3 is 0 Å². The highest BCUT2D eigenvalue weighted by atomic mass is 15.2. The molecule has 1 rings (SSSR count). The van der Waals surface area contributed by atoms with Crippen molar-refractivity contribution in [2.75, 3.05) is 6.67 Å². The van der Waals surface area contributed by atoms with E-state index in [2.05, 4.69) is 15.2 Å². The Morgan fingerprint density at radius 3 is 2.12 bits per heavy atom. The molecule has 0 spiro atoms. The number of hydrogen-bond acceptors (Lipinski definition) is 3. The van der Waals surface area contributed by atoms with Crippen LogP contribution in [0.5, 0.6) is 0 Å². The highest BCUT2D eigenvalue weighted by molar-refractivity contribution is 5.80. The predicted octanol–water partition coefficient (Wildman–Crippen LogP) is 1.85. The fraction of sp³-hybridized carbons (Fsp3) is 0.800. The van der Waals surface area contributed by atoms with E-state index in [0.717, 1.165) is 5.84 Å². The van der Waals surface area contributed by atoms with Gasteiger partial charge in [-0.25, -0.2) is 4.99 Å². The van der Waals surface area contributed by atoms with Crippen LogP contribution in [-0.2, 0) is 0 Å². The molecule has 0 aromatic carbocycles. The van der Waals surface area contributed by atoms with E-state index in [1.165, 1.54) is 0 Å². The first-order valence-electron chi connectivity index (χ1n) is 2.78. The van der Waals surface area contributed by atoms with Crippen LogP contribution >= 0.6 is 0 Å². The van der Waals surface area contributed by atoms with Crippen molar-refractivity contribution in [1.29, 1.82) is 0 Å². The third-order valence-corrected chi connectivity index (χ3v) is 0.578. The van der Waals surface area contributed by atoms with Crippen LogP contribution in [0.25, 0.3) is 0 Å². The number of aliphatic imine (C=N–C) groups is 1. The summed E-state index contributed by atoms with van der Waals surface area (Å²) in [7, 11) is 0. The Hall–Kier alpha value is -0.730. The van der Waals surface area contributed by atoms with Gasteiger partial charge in [-0.05, 0) is 6.92 Å². The van der Waals surface area contributed by atoms with E-state index in [-0.39, 0.29) is 0 Å². The van der Waals surface area contributed by atoms with Crippen LogP contribution in [0.4, 0.5) is 0 Å². The van der Waals surface area contributed by atoms with E-state index < -0.39 is 0 Å². The lowest BCUT2D eigenvalue weighted by Gasteiger charge is -1.67. The number of rotatable bonds is 0. The van der Waals surface area contributed by atoms with Gasteiger partial charge in [-0.15, -0.1) is 5.11 Å². The summed E-state index contributed by atoms with van der Waals surface area (Å²) < 4.78 is 0. The van der Waals surface area contributed by atoms with E-state index >= 15 is 0 Å². The molecule has 0 amide bonds. The normalized spacial score (nSPS) is 14.6. The Morgan fingerprint density at radius 2 is 2.00 bits per heavy atom. The van der Waals surface area contributed by atoms with E-state index in [4.69, 9.17) is 0 Å². The van der Waals surface area contributed by atoms with Gasteiger partial charge in [0.05, 0.1) is 0 Å². The molecule has 0 bridgehead atoms. The zero-order valence-electron chi connectivity index (χ0n) is 5.55. The highest BCUT2D eigenvalue weighted by Crippen LogP contribution is 1.90. The number of azo groups is 1. The summed E-state index contributed by atoms with van der Waals surface area (Å²) in [6, 6.07) is 0. The van der Waals surface area contributed by atoms with Crippen molar-refractivity contribution in [2.45, 2.75) is 20.8 Å². The number of nitrogens with zero attached hydrogens (tertiary/aromatic N) is 3. The summed E-state index contributed by atoms with van der Waals surface area (Å²) >= 11 is 0. The van der Waals surface area contributed by atoms with Gasteiger partial charge in [0, 0.05) is 0 Å². The van der Waals surface area contributed by atoms with Gasteiger partial charge in [0.2, 0.25) is 0 Å². The average Bonchev–Trinajstić information content (AvgIpc) is 2.24. The van der Waals surface area contributed by atoms with Gasteiger partial charge in [-0.1, -0.05) is 13.8 Å². The first-order valence-corrected chi connectivity index (χ1v) is 2.78. The molecule has 1 aliphatic rings. The maximum absolute atomic E-state index is 3.82. The Bertz CT molecular complexity index is 101. The summed E-state index contributed by atoms with van der Waals surface area (Å²) in [5, 5.41) is 7.20. The maximum Gasteiger partial charge on any atom is 0.152 e. The van der Waals surface area contributed by atoms with Crippen LogP contribution in [0.2, 0.25) is 0 Å². The molecule has 0 radical (unpaired) electrons. The van der Waals surface area contributed by atoms with Crippen LogP contribution in [0.1, 0.15) is 20.8 Å². The zero-order valence-corrected chi connectivity index (χ0v) is 5.55. The van der Waals surface area contributed by atoms with Gasteiger partial charge in [-0.3, -0.25) is 0 Å². The molecule has 0 atom stereocenters. The first-order chi connectivity index (χ1) is 3.89. The Morgan fingerprint density at radius 1 is 1.38 bits per heavy atom. The Labute approximate surface area is 49.5 Å². The van der Waals surface area contributed by atoms with Gasteiger partial charge in [0.1, 0.15) is 5.84 Å². The van der Waals surface area contributed by atoms with Crippen LogP contribution in [-0.4, -0.2) is 12.5 Å². The van der Waals surface area contributed by atoms with Crippen molar-refractivity contribution < 1.29 is 0 Å². The van der Waals surface area contributed by atoms with Crippen molar-refractivity contribution in [3.8, 4) is 0 Å². The monoisotopic (exact) mass is 113 g/mol. The summed E-state index contributed by atoms with van der Waals surface area (Å²) in [6.07, 6.45) is 0. The molecular weight excluding hydrogens is 102 g/mol. The van der Waals surface area contributed by atoms with E-state index in [1.807, 2.05) is 20.8 Å². The fourth-order valence-electron chi connectivity index (χ4n) is 0.300. The lowest BCUT2D eigenvalue weighted by atomic mass is 10.7. The third-order valence-electron chi connectivity index (χ3n) is 0.578. The summed E-state index contributed by atoms with van der Waals surface area (Å²) in [5.74, 6) is 0.787. The number of hydrogen-bond donors (Lipinski definition) is 0. The minimum Gasteiger partial charge on any atom is -0.243 e. The molecule has 3 nitrogen and oxygen atoms in total. The topological polar surface area (TPSA) is 37.1 Å². The van der Waals surface area contributed by atoms with Crippen LogP contribution < -0.4 is 0 Å². The molecule has 0 saturated carbocycles. The van der Waals surface area contributed by atoms with E-state index in [1.54, 1.807) is 0 Å². The summed E-state index contributed by atoms with van der Waals surface area (Å²) in [5.41, 5.74) is 0. The quantitative estimate of drug-likeness (QED) is 0.459. The minimum atomic E-state index is 0.534. The SMILES string of the molecule is CC.CC1=NCN=N1. The third kappa shape index (κ3) is 2.44. The predicted molar refractivity (Wildman–Crippen MR) is 34.2 cm³/mol. The van der Waals surface area contributed by atoms with Gasteiger partial charge in [0.15, 0.2) is 6.67 Å². The molecule has 0 aliphatic carbocycles. The highest BCUT2D eigenvalue weighted by Gasteiger charge is 1.88. The van der Waals surface area contributed by atoms with Crippen LogP contribution in [0.3, 0.4) is 0 Å². The molecule has 1 heterocycles. The summed E-state index contributed by atoms with van der Waals surface area (Å²) in [6.45, 7) is 6.36. The molecule has 3 heteroatoms. The standard InChI is InChI=1S/C3H5N3.C2H6/c1-3-4-2-5-6-3;1-2/h2H2,1H3;1-2H3. The molecule has 0 aromatic rings. The number of amidine groups is 1. The van der Waals surface area contributed by atoms with Crippen LogP contribution in [0.15, 0.2) is 15.2 Å². The van der Waals surface area contributed by atoms with Crippen molar-refractivity contribution >= 4 is 5.84 Å². The summed E-state index contributed by atoms with van der Waals surface area (Å²) in [4.78, 5) is 3.82.